The minimum Gasteiger partial charge on any atom is -1.00 e. The second-order valence-electron chi connectivity index (χ2n) is 7.44. The number of aromatic nitrogens is 2. The van der Waals surface area contributed by atoms with E-state index >= 15 is 0 Å². The molecule has 8 heteroatoms. The van der Waals surface area contributed by atoms with Gasteiger partial charge in [0, 0.05) is 26.0 Å². The van der Waals surface area contributed by atoms with Crippen LogP contribution in [0.5, 0.6) is 0 Å². The molecule has 0 N–H and O–H groups in total. The van der Waals surface area contributed by atoms with Gasteiger partial charge in [-0.1, -0.05) is 36.5 Å². The van der Waals surface area contributed by atoms with Gasteiger partial charge in [-0.2, -0.15) is 0 Å². The summed E-state index contributed by atoms with van der Waals surface area (Å²) in [5.41, 5.74) is 8.05. The van der Waals surface area contributed by atoms with Crippen molar-refractivity contribution in [1.82, 2.24) is 0 Å². The number of thiazole rings is 2. The third-order valence-electron chi connectivity index (χ3n) is 5.41. The van der Waals surface area contributed by atoms with Gasteiger partial charge in [0.05, 0.1) is 15.3 Å². The van der Waals surface area contributed by atoms with E-state index in [1.807, 2.05) is 46.2 Å². The Morgan fingerprint density at radius 2 is 1.10 bits per heavy atom. The highest BCUT2D eigenvalue weighted by molar-refractivity contribution is 8.00. The molecule has 166 valence electrons. The molecule has 0 unspecified atom stereocenters. The molecule has 0 aliphatic carbocycles. The first-order valence-electron chi connectivity index (χ1n) is 9.48. The SMILES string of the molecule is CSc1sc(C)c(C)[n+]1-c1cc(C(C)C)cc(-[n+]2c(SC)sc(C)c2C)c1C.[I-].[I-]. The predicted molar refractivity (Wildman–Crippen MR) is 127 cm³/mol. The Hall–Kier alpha value is 0.640. The second kappa shape index (κ2) is 11.7. The van der Waals surface area contributed by atoms with Crippen molar-refractivity contribution in [2.75, 3.05) is 12.5 Å². The second-order valence-corrected chi connectivity index (χ2v) is 12.0. The molecule has 3 rings (SSSR count). The van der Waals surface area contributed by atoms with Crippen molar-refractivity contribution in [3.8, 4) is 11.4 Å². The molecule has 1 aromatic carbocycles. The fourth-order valence-corrected chi connectivity index (χ4v) is 7.32. The van der Waals surface area contributed by atoms with E-state index in [4.69, 9.17) is 0 Å². The van der Waals surface area contributed by atoms with Gasteiger partial charge in [0.25, 0.3) is 0 Å². The summed E-state index contributed by atoms with van der Waals surface area (Å²) in [4.78, 5) is 2.78. The predicted octanol–water partition coefficient (Wildman–Crippen LogP) is 0.480. The molecule has 0 spiro atoms. The Morgan fingerprint density at radius 3 is 1.40 bits per heavy atom. The largest absolute Gasteiger partial charge is 1.00 e. The molecular formula is C22H30I2N2S4. The number of hydrogen-bond acceptors (Lipinski definition) is 4. The Labute approximate surface area is 232 Å². The van der Waals surface area contributed by atoms with Crippen LogP contribution in [-0.2, 0) is 0 Å². The molecule has 30 heavy (non-hydrogen) atoms. The number of halogens is 2. The van der Waals surface area contributed by atoms with E-state index in [9.17, 15) is 0 Å². The van der Waals surface area contributed by atoms with Crippen LogP contribution >= 0.6 is 46.2 Å². The third kappa shape index (κ3) is 5.24. The standard InChI is InChI=1S/C22H30N2S4.2HI/c1-12(2)18-10-19(23-14(4)16(6)27-21(23)25-8)13(3)20(11-18)24-15(5)17(7)28-22(24)26-9;;/h10-12H,1-9H3;2*1H/q+2;;/p-2. The van der Waals surface area contributed by atoms with Crippen LogP contribution in [0, 0.1) is 34.6 Å². The first kappa shape index (κ1) is 28.7. The molecule has 3 aromatic rings. The maximum absolute atomic E-state index is 2.46. The molecule has 2 aromatic heterocycles. The monoisotopic (exact) mass is 704 g/mol. The highest BCUT2D eigenvalue weighted by atomic mass is 127. The molecular weight excluding hydrogens is 674 g/mol. The number of rotatable bonds is 5. The van der Waals surface area contributed by atoms with Gasteiger partial charge in [-0.05, 0) is 68.3 Å². The zero-order valence-corrected chi connectivity index (χ0v) is 26.6. The van der Waals surface area contributed by atoms with Gasteiger partial charge in [-0.15, -0.1) is 9.13 Å². The van der Waals surface area contributed by atoms with Crippen molar-refractivity contribution >= 4 is 46.2 Å². The van der Waals surface area contributed by atoms with Crippen molar-refractivity contribution in [1.29, 1.82) is 0 Å². The minimum atomic E-state index is 0. The molecule has 2 heterocycles. The van der Waals surface area contributed by atoms with Crippen LogP contribution in [-0.4, -0.2) is 12.5 Å². The summed E-state index contributed by atoms with van der Waals surface area (Å²) in [6, 6.07) is 4.80. The summed E-state index contributed by atoms with van der Waals surface area (Å²) in [6.07, 6.45) is 4.35. The Bertz CT molecular complexity index is 963. The topological polar surface area (TPSA) is 7.76 Å². The van der Waals surface area contributed by atoms with Crippen LogP contribution in [0.25, 0.3) is 11.4 Å². The summed E-state index contributed by atoms with van der Waals surface area (Å²) >= 11 is 7.46. The normalized spacial score (nSPS) is 10.9. The average Bonchev–Trinajstić information content (AvgIpc) is 3.11. The van der Waals surface area contributed by atoms with Crippen LogP contribution in [0.4, 0.5) is 0 Å². The van der Waals surface area contributed by atoms with Gasteiger partial charge in [-0.25, -0.2) is 0 Å². The van der Waals surface area contributed by atoms with Gasteiger partial charge in [0.15, 0.2) is 11.4 Å². The lowest BCUT2D eigenvalue weighted by molar-refractivity contribution is -0.643. The van der Waals surface area contributed by atoms with Crippen LogP contribution < -0.4 is 57.1 Å². The van der Waals surface area contributed by atoms with Crippen LogP contribution in [0.2, 0.25) is 0 Å². The van der Waals surface area contributed by atoms with Crippen molar-refractivity contribution < 1.29 is 57.1 Å². The van der Waals surface area contributed by atoms with Gasteiger partial charge in [0.1, 0.15) is 0 Å². The first-order chi connectivity index (χ1) is 13.2. The lowest BCUT2D eigenvalue weighted by atomic mass is 9.98. The van der Waals surface area contributed by atoms with E-state index in [1.165, 1.54) is 52.3 Å². The fourth-order valence-electron chi connectivity index (χ4n) is 3.42. The van der Waals surface area contributed by atoms with E-state index in [0.717, 1.165) is 0 Å². The maximum atomic E-state index is 2.46. The van der Waals surface area contributed by atoms with Gasteiger partial charge >= 0.3 is 8.68 Å². The highest BCUT2D eigenvalue weighted by Crippen LogP contribution is 2.31. The molecule has 0 amide bonds. The molecule has 0 atom stereocenters. The van der Waals surface area contributed by atoms with Gasteiger partial charge in [0.2, 0.25) is 11.4 Å². The molecule has 2 nitrogen and oxygen atoms in total. The van der Waals surface area contributed by atoms with E-state index in [2.05, 4.69) is 82.2 Å². The number of hydrogen-bond donors (Lipinski definition) is 0. The quantitative estimate of drug-likeness (QED) is 0.217. The Morgan fingerprint density at radius 1 is 0.733 bits per heavy atom. The van der Waals surface area contributed by atoms with Gasteiger partial charge in [-0.3, -0.25) is 0 Å². The van der Waals surface area contributed by atoms with E-state index in [0.29, 0.717) is 5.92 Å². The van der Waals surface area contributed by atoms with Crippen molar-refractivity contribution in [3.05, 3.63) is 44.4 Å². The van der Waals surface area contributed by atoms with Gasteiger partial charge < -0.3 is 48.0 Å². The Kier molecular flexibility index (Phi) is 11.2. The van der Waals surface area contributed by atoms with Crippen LogP contribution in [0.1, 0.15) is 52.0 Å². The molecule has 0 fully saturated rings. The van der Waals surface area contributed by atoms with Crippen LogP contribution in [0.15, 0.2) is 20.8 Å². The molecule has 0 saturated carbocycles. The average molecular weight is 705 g/mol. The summed E-state index contributed by atoms with van der Waals surface area (Å²) in [5, 5.41) is 0. The molecule has 0 bridgehead atoms. The highest BCUT2D eigenvalue weighted by Gasteiger charge is 2.32. The zero-order valence-electron chi connectivity index (χ0n) is 19.0. The van der Waals surface area contributed by atoms with Crippen molar-refractivity contribution in [2.24, 2.45) is 0 Å². The van der Waals surface area contributed by atoms with E-state index < -0.39 is 0 Å². The summed E-state index contributed by atoms with van der Waals surface area (Å²) < 4.78 is 7.61. The van der Waals surface area contributed by atoms with Crippen molar-refractivity contribution in [3.63, 3.8) is 0 Å². The molecule has 0 radical (unpaired) electrons. The molecule has 0 aliphatic rings. The van der Waals surface area contributed by atoms with Crippen molar-refractivity contribution in [2.45, 2.75) is 63.1 Å². The number of nitrogens with zero attached hydrogens (tertiary/aromatic N) is 2. The first-order valence-corrected chi connectivity index (χ1v) is 13.6. The van der Waals surface area contributed by atoms with E-state index in [-0.39, 0.29) is 48.0 Å². The summed E-state index contributed by atoms with van der Waals surface area (Å²) in [6.45, 7) is 15.8. The smallest absolute Gasteiger partial charge is 0.303 e. The third-order valence-corrected chi connectivity index (χ3v) is 9.89. The molecule has 0 aliphatic heterocycles. The van der Waals surface area contributed by atoms with Crippen LogP contribution in [0.3, 0.4) is 0 Å². The lowest BCUT2D eigenvalue weighted by Crippen LogP contribution is -3.00. The maximum Gasteiger partial charge on any atom is 0.303 e. The fraction of sp³-hybridized carbons (Fsp3) is 0.455. The lowest BCUT2D eigenvalue weighted by Gasteiger charge is -2.11. The molecule has 0 saturated heterocycles. The number of thioether (sulfide) groups is 2. The summed E-state index contributed by atoms with van der Waals surface area (Å²) in [7, 11) is 0. The number of aryl methyl sites for hydroxylation is 2. The number of benzene rings is 1. The van der Waals surface area contributed by atoms with E-state index in [1.54, 1.807) is 0 Å². The summed E-state index contributed by atoms with van der Waals surface area (Å²) in [5.74, 6) is 0.481. The zero-order chi connectivity index (χ0) is 20.7. The Balaban J connectivity index is 0.00000225. The minimum absolute atomic E-state index is 0.